The maximum atomic E-state index is 11.3. The minimum Gasteiger partial charge on any atom is -0.352 e. The Bertz CT molecular complexity index is 721. The molecular formula is C17H23N5O2. The molecule has 0 aliphatic heterocycles. The van der Waals surface area contributed by atoms with Gasteiger partial charge in [0, 0.05) is 0 Å². The number of amides is 2. The molecule has 0 saturated heterocycles. The number of nitrogens with two attached hydrogens (primary N) is 2. The van der Waals surface area contributed by atoms with Gasteiger partial charge in [-0.25, -0.2) is 4.79 Å². The number of hydrogen-bond acceptors (Lipinski definition) is 5. The summed E-state index contributed by atoms with van der Waals surface area (Å²) in [6.45, 7) is 1.99. The highest BCUT2D eigenvalue weighted by atomic mass is 16.5. The maximum absolute atomic E-state index is 11.3. The first-order valence-corrected chi connectivity index (χ1v) is 8.21. The van der Waals surface area contributed by atoms with Crippen LogP contribution in [0.15, 0.2) is 28.8 Å². The summed E-state index contributed by atoms with van der Waals surface area (Å²) in [7, 11) is 0. The van der Waals surface area contributed by atoms with Gasteiger partial charge < -0.3 is 21.3 Å². The van der Waals surface area contributed by atoms with Crippen LogP contribution >= 0.6 is 0 Å². The van der Waals surface area contributed by atoms with Crippen LogP contribution in [0.3, 0.4) is 0 Å². The third-order valence-electron chi connectivity index (χ3n) is 4.55. The first kappa shape index (κ1) is 16.4. The van der Waals surface area contributed by atoms with Gasteiger partial charge in [-0.05, 0) is 25.3 Å². The lowest BCUT2D eigenvalue weighted by Gasteiger charge is -2.18. The van der Waals surface area contributed by atoms with Crippen LogP contribution in [-0.4, -0.2) is 16.2 Å². The quantitative estimate of drug-likeness (QED) is 0.775. The van der Waals surface area contributed by atoms with Crippen molar-refractivity contribution in [3.63, 3.8) is 0 Å². The summed E-state index contributed by atoms with van der Waals surface area (Å²) in [6.07, 6.45) is 4.26. The molecule has 0 spiro atoms. The standard InChI is InChI=1S/C17H23N5O2/c1-11-5-4-6-12(9-11)13(20-16(18)23)10-14-21-15(22-24-14)17(19)7-2-3-8-17/h4-6,9,13H,2-3,7-8,10,19H2,1H3,(H3,18,20,23). The van der Waals surface area contributed by atoms with Crippen molar-refractivity contribution >= 4 is 6.03 Å². The van der Waals surface area contributed by atoms with Gasteiger partial charge in [-0.3, -0.25) is 0 Å². The Morgan fingerprint density at radius 3 is 2.83 bits per heavy atom. The molecule has 2 amide bonds. The van der Waals surface area contributed by atoms with E-state index >= 15 is 0 Å². The van der Waals surface area contributed by atoms with E-state index in [2.05, 4.69) is 15.5 Å². The van der Waals surface area contributed by atoms with Crippen LogP contribution in [0, 0.1) is 6.92 Å². The molecular weight excluding hydrogens is 306 g/mol. The predicted octanol–water partition coefficient (Wildman–Crippen LogP) is 2.06. The van der Waals surface area contributed by atoms with E-state index in [1.165, 1.54) is 0 Å². The summed E-state index contributed by atoms with van der Waals surface area (Å²) in [5, 5.41) is 6.80. The summed E-state index contributed by atoms with van der Waals surface area (Å²) in [6, 6.07) is 6.95. The summed E-state index contributed by atoms with van der Waals surface area (Å²) < 4.78 is 5.37. The molecule has 1 aliphatic carbocycles. The molecule has 3 rings (SSSR count). The Balaban J connectivity index is 1.80. The van der Waals surface area contributed by atoms with E-state index < -0.39 is 11.6 Å². The molecule has 7 nitrogen and oxygen atoms in total. The Hall–Kier alpha value is -2.41. The Labute approximate surface area is 140 Å². The van der Waals surface area contributed by atoms with Crippen molar-refractivity contribution in [3.05, 3.63) is 47.1 Å². The topological polar surface area (TPSA) is 120 Å². The number of rotatable bonds is 5. The molecule has 1 aliphatic rings. The number of carbonyl (C=O) groups excluding carboxylic acids is 1. The van der Waals surface area contributed by atoms with Crippen molar-refractivity contribution in [2.75, 3.05) is 0 Å². The smallest absolute Gasteiger partial charge is 0.312 e. The molecule has 1 fully saturated rings. The highest BCUT2D eigenvalue weighted by Gasteiger charge is 2.36. The van der Waals surface area contributed by atoms with Gasteiger partial charge in [0.1, 0.15) is 0 Å². The average molecular weight is 329 g/mol. The molecule has 1 heterocycles. The summed E-state index contributed by atoms with van der Waals surface area (Å²) in [4.78, 5) is 15.8. The molecule has 1 unspecified atom stereocenters. The summed E-state index contributed by atoms with van der Waals surface area (Å²) in [5.74, 6) is 0.999. The molecule has 1 saturated carbocycles. The van der Waals surface area contributed by atoms with Crippen molar-refractivity contribution in [1.29, 1.82) is 0 Å². The zero-order chi connectivity index (χ0) is 17.2. The van der Waals surface area contributed by atoms with E-state index in [9.17, 15) is 4.79 Å². The van der Waals surface area contributed by atoms with Gasteiger partial charge in [-0.1, -0.05) is 47.8 Å². The van der Waals surface area contributed by atoms with E-state index in [-0.39, 0.29) is 6.04 Å². The molecule has 1 aromatic carbocycles. The predicted molar refractivity (Wildman–Crippen MR) is 89.0 cm³/mol. The second kappa shape index (κ2) is 6.60. The number of primary amides is 1. The van der Waals surface area contributed by atoms with Gasteiger partial charge >= 0.3 is 6.03 Å². The molecule has 5 N–H and O–H groups in total. The van der Waals surface area contributed by atoms with Gasteiger partial charge in [-0.2, -0.15) is 4.98 Å². The molecule has 2 aromatic rings. The van der Waals surface area contributed by atoms with Crippen molar-refractivity contribution in [2.45, 2.75) is 50.6 Å². The van der Waals surface area contributed by atoms with Crippen molar-refractivity contribution in [3.8, 4) is 0 Å². The maximum Gasteiger partial charge on any atom is 0.312 e. The van der Waals surface area contributed by atoms with E-state index in [1.807, 2.05) is 31.2 Å². The zero-order valence-corrected chi connectivity index (χ0v) is 13.8. The van der Waals surface area contributed by atoms with Crippen molar-refractivity contribution in [2.24, 2.45) is 11.5 Å². The highest BCUT2D eigenvalue weighted by molar-refractivity contribution is 5.72. The number of hydrogen-bond donors (Lipinski definition) is 3. The second-order valence-electron chi connectivity index (χ2n) is 6.55. The molecule has 128 valence electrons. The van der Waals surface area contributed by atoms with Crippen LogP contribution < -0.4 is 16.8 Å². The zero-order valence-electron chi connectivity index (χ0n) is 13.8. The van der Waals surface area contributed by atoms with Gasteiger partial charge in [0.15, 0.2) is 5.82 Å². The fourth-order valence-corrected chi connectivity index (χ4v) is 3.25. The number of nitrogens with zero attached hydrogens (tertiary/aromatic N) is 2. The first-order chi connectivity index (χ1) is 11.5. The lowest BCUT2D eigenvalue weighted by molar-refractivity contribution is 0.244. The first-order valence-electron chi connectivity index (χ1n) is 8.21. The van der Waals surface area contributed by atoms with E-state index in [4.69, 9.17) is 16.0 Å². The molecule has 7 heteroatoms. The van der Waals surface area contributed by atoms with Gasteiger partial charge in [-0.15, -0.1) is 0 Å². The third kappa shape index (κ3) is 3.56. The fourth-order valence-electron chi connectivity index (χ4n) is 3.25. The van der Waals surface area contributed by atoms with Crippen LogP contribution in [0.25, 0.3) is 0 Å². The van der Waals surface area contributed by atoms with Gasteiger partial charge in [0.05, 0.1) is 18.0 Å². The molecule has 1 aromatic heterocycles. The lowest BCUT2D eigenvalue weighted by Crippen LogP contribution is -2.35. The van der Waals surface area contributed by atoms with Crippen LogP contribution in [0.4, 0.5) is 4.79 Å². The number of carbonyl (C=O) groups is 1. The van der Waals surface area contributed by atoms with E-state index in [1.54, 1.807) is 0 Å². The third-order valence-corrected chi connectivity index (χ3v) is 4.55. The van der Waals surface area contributed by atoms with Crippen molar-refractivity contribution < 1.29 is 9.32 Å². The number of nitrogens with one attached hydrogen (secondary N) is 1. The minimum atomic E-state index is -0.590. The van der Waals surface area contributed by atoms with Gasteiger partial charge in [0.2, 0.25) is 5.89 Å². The minimum absolute atomic E-state index is 0.326. The Morgan fingerprint density at radius 2 is 2.17 bits per heavy atom. The number of benzene rings is 1. The lowest BCUT2D eigenvalue weighted by atomic mass is 9.98. The van der Waals surface area contributed by atoms with E-state index in [0.29, 0.717) is 18.1 Å². The Morgan fingerprint density at radius 1 is 1.42 bits per heavy atom. The summed E-state index contributed by atoms with van der Waals surface area (Å²) in [5.41, 5.74) is 13.2. The normalized spacial score (nSPS) is 17.6. The largest absolute Gasteiger partial charge is 0.352 e. The van der Waals surface area contributed by atoms with Crippen LogP contribution in [-0.2, 0) is 12.0 Å². The molecule has 0 bridgehead atoms. The monoisotopic (exact) mass is 329 g/mol. The second-order valence-corrected chi connectivity index (χ2v) is 6.55. The van der Waals surface area contributed by atoms with E-state index in [0.717, 1.165) is 36.8 Å². The van der Waals surface area contributed by atoms with Crippen LogP contribution in [0.1, 0.15) is 54.6 Å². The number of urea groups is 1. The van der Waals surface area contributed by atoms with Gasteiger partial charge in [0.25, 0.3) is 0 Å². The van der Waals surface area contributed by atoms with Crippen LogP contribution in [0.2, 0.25) is 0 Å². The number of aryl methyl sites for hydroxylation is 1. The highest BCUT2D eigenvalue weighted by Crippen LogP contribution is 2.34. The molecule has 1 atom stereocenters. The summed E-state index contributed by atoms with van der Waals surface area (Å²) >= 11 is 0. The van der Waals surface area contributed by atoms with Crippen molar-refractivity contribution in [1.82, 2.24) is 15.5 Å². The Kier molecular flexibility index (Phi) is 4.53. The number of aromatic nitrogens is 2. The fraction of sp³-hybridized carbons (Fsp3) is 0.471. The average Bonchev–Trinajstić information content (AvgIpc) is 3.16. The molecule has 24 heavy (non-hydrogen) atoms. The molecule has 0 radical (unpaired) electrons. The van der Waals surface area contributed by atoms with Crippen LogP contribution in [0.5, 0.6) is 0 Å². The SMILES string of the molecule is Cc1cccc(C(Cc2nc(C3(N)CCCC3)no2)NC(N)=O)c1.